The number of hydrogen-bond acceptors (Lipinski definition) is 5. The van der Waals surface area contributed by atoms with Gasteiger partial charge in [0, 0.05) is 31.7 Å². The van der Waals surface area contributed by atoms with Crippen LogP contribution in [0.15, 0.2) is 39.4 Å². The van der Waals surface area contributed by atoms with Crippen molar-refractivity contribution in [1.82, 2.24) is 9.80 Å². The van der Waals surface area contributed by atoms with Crippen LogP contribution in [0.4, 0.5) is 0 Å². The van der Waals surface area contributed by atoms with Gasteiger partial charge in [0.05, 0.1) is 0 Å². The molecule has 0 N–H and O–H groups in total. The lowest BCUT2D eigenvalue weighted by Crippen LogP contribution is -2.50. The van der Waals surface area contributed by atoms with Gasteiger partial charge in [-0.25, -0.2) is 0 Å². The first-order chi connectivity index (χ1) is 12.1. The maximum Gasteiger partial charge on any atom is 0.289 e. The standard InChI is InChI=1S/C17H15BrN2O5/c18-15-4-3-13(25-15)17(22)20-7-5-19(6-8-20)16(21)11-1-2-12-14(9-11)24-10-23-12/h1-4,9H,5-8,10H2. The van der Waals surface area contributed by atoms with Crippen LogP contribution in [0.3, 0.4) is 0 Å². The van der Waals surface area contributed by atoms with E-state index in [-0.39, 0.29) is 18.6 Å². The molecule has 1 saturated heterocycles. The van der Waals surface area contributed by atoms with Crippen LogP contribution in [0.2, 0.25) is 0 Å². The van der Waals surface area contributed by atoms with Crippen LogP contribution in [0, 0.1) is 0 Å². The van der Waals surface area contributed by atoms with Crippen LogP contribution in [-0.2, 0) is 0 Å². The van der Waals surface area contributed by atoms with E-state index in [2.05, 4.69) is 15.9 Å². The lowest BCUT2D eigenvalue weighted by molar-refractivity contribution is 0.0517. The molecule has 1 aromatic heterocycles. The molecule has 2 aliphatic heterocycles. The topological polar surface area (TPSA) is 72.2 Å². The summed E-state index contributed by atoms with van der Waals surface area (Å²) in [5.41, 5.74) is 0.555. The summed E-state index contributed by atoms with van der Waals surface area (Å²) >= 11 is 3.19. The number of ether oxygens (including phenoxy) is 2. The van der Waals surface area contributed by atoms with Crippen molar-refractivity contribution < 1.29 is 23.5 Å². The molecule has 0 atom stereocenters. The fraction of sp³-hybridized carbons (Fsp3) is 0.294. The van der Waals surface area contributed by atoms with Gasteiger partial charge in [-0.1, -0.05) is 0 Å². The lowest BCUT2D eigenvalue weighted by Gasteiger charge is -2.34. The van der Waals surface area contributed by atoms with Crippen molar-refractivity contribution in [3.63, 3.8) is 0 Å². The Labute approximate surface area is 152 Å². The van der Waals surface area contributed by atoms with Gasteiger partial charge in [-0.05, 0) is 46.3 Å². The minimum absolute atomic E-state index is 0.0776. The third-order valence-electron chi connectivity index (χ3n) is 4.26. The predicted molar refractivity (Wildman–Crippen MR) is 90.8 cm³/mol. The van der Waals surface area contributed by atoms with Crippen LogP contribution in [0.5, 0.6) is 11.5 Å². The molecule has 1 fully saturated rings. The molecule has 0 aliphatic carbocycles. The Kier molecular flexibility index (Phi) is 4.12. The van der Waals surface area contributed by atoms with Crippen molar-refractivity contribution in [3.05, 3.63) is 46.3 Å². The quantitative estimate of drug-likeness (QED) is 0.765. The highest BCUT2D eigenvalue weighted by Crippen LogP contribution is 2.32. The molecule has 0 radical (unpaired) electrons. The van der Waals surface area contributed by atoms with E-state index in [1.165, 1.54) is 0 Å². The number of nitrogens with zero attached hydrogens (tertiary/aromatic N) is 2. The van der Waals surface area contributed by atoms with E-state index in [4.69, 9.17) is 13.9 Å². The Balaban J connectivity index is 1.40. The summed E-state index contributed by atoms with van der Waals surface area (Å²) in [5.74, 6) is 1.29. The smallest absolute Gasteiger partial charge is 0.289 e. The maximum absolute atomic E-state index is 12.7. The summed E-state index contributed by atoms with van der Waals surface area (Å²) in [6, 6.07) is 8.49. The second kappa shape index (κ2) is 6.44. The van der Waals surface area contributed by atoms with E-state index >= 15 is 0 Å². The van der Waals surface area contributed by atoms with Gasteiger partial charge in [0.15, 0.2) is 21.9 Å². The minimum Gasteiger partial charge on any atom is -0.454 e. The molecule has 0 unspecified atom stereocenters. The first kappa shape index (κ1) is 16.0. The van der Waals surface area contributed by atoms with Crippen LogP contribution in [0.25, 0.3) is 0 Å². The van der Waals surface area contributed by atoms with Crippen molar-refractivity contribution >= 4 is 27.7 Å². The van der Waals surface area contributed by atoms with Gasteiger partial charge in [0.1, 0.15) is 0 Å². The van der Waals surface area contributed by atoms with E-state index in [1.54, 1.807) is 40.1 Å². The summed E-state index contributed by atoms with van der Waals surface area (Å²) in [6.07, 6.45) is 0. The monoisotopic (exact) mass is 406 g/mol. The van der Waals surface area contributed by atoms with Gasteiger partial charge in [0.2, 0.25) is 6.79 Å². The highest BCUT2D eigenvalue weighted by Gasteiger charge is 2.27. The molecule has 1 aromatic carbocycles. The third kappa shape index (κ3) is 3.09. The molecule has 4 rings (SSSR count). The fourth-order valence-electron chi connectivity index (χ4n) is 2.91. The first-order valence-electron chi connectivity index (χ1n) is 7.85. The highest BCUT2D eigenvalue weighted by molar-refractivity contribution is 9.10. The van der Waals surface area contributed by atoms with Gasteiger partial charge in [-0.3, -0.25) is 9.59 Å². The molecule has 3 heterocycles. The largest absolute Gasteiger partial charge is 0.454 e. The molecule has 0 spiro atoms. The van der Waals surface area contributed by atoms with Gasteiger partial charge < -0.3 is 23.7 Å². The first-order valence-corrected chi connectivity index (χ1v) is 8.64. The van der Waals surface area contributed by atoms with Crippen LogP contribution < -0.4 is 9.47 Å². The Morgan fingerprint density at radius 2 is 1.56 bits per heavy atom. The zero-order valence-electron chi connectivity index (χ0n) is 13.2. The molecule has 0 saturated carbocycles. The number of halogens is 1. The number of rotatable bonds is 2. The van der Waals surface area contributed by atoms with Crippen LogP contribution in [-0.4, -0.2) is 54.6 Å². The molecule has 0 bridgehead atoms. The SMILES string of the molecule is O=C(c1ccc2c(c1)OCO2)N1CCN(C(=O)c2ccc(Br)o2)CC1. The van der Waals surface area contributed by atoms with Gasteiger partial charge in [-0.2, -0.15) is 0 Å². The van der Waals surface area contributed by atoms with E-state index < -0.39 is 0 Å². The highest BCUT2D eigenvalue weighted by atomic mass is 79.9. The van der Waals surface area contributed by atoms with Crippen molar-refractivity contribution in [1.29, 1.82) is 0 Å². The number of carbonyl (C=O) groups excluding carboxylic acids is 2. The van der Waals surface area contributed by atoms with Crippen molar-refractivity contribution in [2.75, 3.05) is 33.0 Å². The molecule has 2 amide bonds. The second-order valence-corrected chi connectivity index (χ2v) is 6.54. The Morgan fingerprint density at radius 3 is 2.24 bits per heavy atom. The fourth-order valence-corrected chi connectivity index (χ4v) is 3.22. The molecular weight excluding hydrogens is 392 g/mol. The number of carbonyl (C=O) groups is 2. The Morgan fingerprint density at radius 1 is 0.880 bits per heavy atom. The maximum atomic E-state index is 12.7. The number of furan rings is 1. The number of fused-ring (bicyclic) bond motifs is 1. The third-order valence-corrected chi connectivity index (χ3v) is 4.68. The average Bonchev–Trinajstić information content (AvgIpc) is 3.28. The predicted octanol–water partition coefficient (Wildman–Crippen LogP) is 2.37. The zero-order valence-corrected chi connectivity index (χ0v) is 14.8. The molecule has 130 valence electrons. The number of amides is 2. The Bertz CT molecular complexity index is 826. The van der Waals surface area contributed by atoms with E-state index in [9.17, 15) is 9.59 Å². The van der Waals surface area contributed by atoms with Crippen LogP contribution >= 0.6 is 15.9 Å². The number of hydrogen-bond donors (Lipinski definition) is 0. The van der Waals surface area contributed by atoms with E-state index in [1.807, 2.05) is 0 Å². The molecule has 2 aromatic rings. The minimum atomic E-state index is -0.166. The Hall–Kier alpha value is -2.48. The summed E-state index contributed by atoms with van der Waals surface area (Å²) < 4.78 is 16.4. The van der Waals surface area contributed by atoms with E-state index in [0.717, 1.165) is 0 Å². The molecule has 2 aliphatic rings. The van der Waals surface area contributed by atoms with Gasteiger partial charge in [0.25, 0.3) is 11.8 Å². The van der Waals surface area contributed by atoms with Crippen molar-refractivity contribution in [2.24, 2.45) is 0 Å². The molecule has 8 heteroatoms. The van der Waals surface area contributed by atoms with E-state index in [0.29, 0.717) is 53.7 Å². The molecule has 7 nitrogen and oxygen atoms in total. The van der Waals surface area contributed by atoms with Gasteiger partial charge in [-0.15, -0.1) is 0 Å². The lowest BCUT2D eigenvalue weighted by atomic mass is 10.1. The molecule has 25 heavy (non-hydrogen) atoms. The summed E-state index contributed by atoms with van der Waals surface area (Å²) in [4.78, 5) is 28.4. The summed E-state index contributed by atoms with van der Waals surface area (Å²) in [7, 11) is 0. The van der Waals surface area contributed by atoms with Gasteiger partial charge >= 0.3 is 0 Å². The normalized spacial score (nSPS) is 16.2. The van der Waals surface area contributed by atoms with Crippen molar-refractivity contribution in [2.45, 2.75) is 0 Å². The number of benzene rings is 1. The number of piperazine rings is 1. The van der Waals surface area contributed by atoms with Crippen molar-refractivity contribution in [3.8, 4) is 11.5 Å². The zero-order chi connectivity index (χ0) is 17.4. The second-order valence-electron chi connectivity index (χ2n) is 5.76. The molecular formula is C17H15BrN2O5. The van der Waals surface area contributed by atoms with Crippen LogP contribution in [0.1, 0.15) is 20.9 Å². The summed E-state index contributed by atoms with van der Waals surface area (Å²) in [6.45, 7) is 2.05. The summed E-state index contributed by atoms with van der Waals surface area (Å²) in [5, 5.41) is 0. The average molecular weight is 407 g/mol.